The maximum absolute atomic E-state index is 5.92. The van der Waals surface area contributed by atoms with Gasteiger partial charge in [-0.15, -0.1) is 0 Å². The van der Waals surface area contributed by atoms with E-state index in [1.807, 2.05) is 55.5 Å². The molecule has 3 aromatic rings. The molecule has 0 bridgehead atoms. The van der Waals surface area contributed by atoms with Crippen molar-refractivity contribution < 1.29 is 4.74 Å². The van der Waals surface area contributed by atoms with Gasteiger partial charge in [0.1, 0.15) is 11.5 Å². The standard InChI is InChI=1S/C17H15BrN2O/c1-11(19)13-5-7-17(15(18)9-13)21-14-6-4-12-3-2-8-20-16(12)10-14/h2-11H,19H2,1H3/t11-/m1/s1. The molecule has 0 aliphatic carbocycles. The molecule has 4 heteroatoms. The van der Waals surface area contributed by atoms with Crippen LogP contribution >= 0.6 is 15.9 Å². The van der Waals surface area contributed by atoms with Crippen molar-refractivity contribution in [3.8, 4) is 11.5 Å². The van der Waals surface area contributed by atoms with Gasteiger partial charge in [-0.3, -0.25) is 4.98 Å². The number of nitrogens with zero attached hydrogens (tertiary/aromatic N) is 1. The zero-order chi connectivity index (χ0) is 14.8. The maximum atomic E-state index is 5.92. The SMILES string of the molecule is C[C@@H](N)c1ccc(Oc2ccc3cccnc3c2)c(Br)c1. The molecular weight excluding hydrogens is 328 g/mol. The topological polar surface area (TPSA) is 48.1 Å². The van der Waals surface area contributed by atoms with Crippen molar-refractivity contribution in [3.63, 3.8) is 0 Å². The molecule has 106 valence electrons. The first-order valence-corrected chi connectivity index (χ1v) is 7.50. The van der Waals surface area contributed by atoms with Gasteiger partial charge in [0.25, 0.3) is 0 Å². The van der Waals surface area contributed by atoms with Gasteiger partial charge in [-0.05, 0) is 58.7 Å². The third-order valence-electron chi connectivity index (χ3n) is 3.29. The molecule has 2 N–H and O–H groups in total. The molecular formula is C17H15BrN2O. The smallest absolute Gasteiger partial charge is 0.141 e. The molecule has 2 aromatic carbocycles. The fraction of sp³-hybridized carbons (Fsp3) is 0.118. The normalized spacial score (nSPS) is 12.3. The second-order valence-corrected chi connectivity index (χ2v) is 5.79. The van der Waals surface area contributed by atoms with Gasteiger partial charge in [0.15, 0.2) is 0 Å². The van der Waals surface area contributed by atoms with E-state index in [9.17, 15) is 0 Å². The maximum Gasteiger partial charge on any atom is 0.141 e. The Kier molecular flexibility index (Phi) is 3.90. The van der Waals surface area contributed by atoms with Crippen molar-refractivity contribution in [2.24, 2.45) is 5.73 Å². The molecule has 0 fully saturated rings. The molecule has 1 atom stereocenters. The zero-order valence-corrected chi connectivity index (χ0v) is 13.2. The molecule has 0 amide bonds. The number of nitrogens with two attached hydrogens (primary N) is 1. The van der Waals surface area contributed by atoms with Gasteiger partial charge in [-0.1, -0.05) is 12.1 Å². The Morgan fingerprint density at radius 3 is 2.76 bits per heavy atom. The Morgan fingerprint density at radius 1 is 1.14 bits per heavy atom. The number of ether oxygens (including phenoxy) is 1. The number of benzene rings is 2. The minimum atomic E-state index is 0.000203. The average Bonchev–Trinajstić information content (AvgIpc) is 2.49. The summed E-state index contributed by atoms with van der Waals surface area (Å²) in [5.41, 5.74) is 7.86. The second kappa shape index (κ2) is 5.84. The van der Waals surface area contributed by atoms with Crippen LogP contribution in [0.1, 0.15) is 18.5 Å². The molecule has 0 aliphatic heterocycles. The third kappa shape index (κ3) is 3.06. The lowest BCUT2D eigenvalue weighted by Crippen LogP contribution is -2.04. The number of hydrogen-bond acceptors (Lipinski definition) is 3. The van der Waals surface area contributed by atoms with Crippen molar-refractivity contribution in [2.45, 2.75) is 13.0 Å². The van der Waals surface area contributed by atoms with Gasteiger partial charge < -0.3 is 10.5 Å². The van der Waals surface area contributed by atoms with Crippen LogP contribution in [0.25, 0.3) is 10.9 Å². The van der Waals surface area contributed by atoms with E-state index >= 15 is 0 Å². The third-order valence-corrected chi connectivity index (χ3v) is 3.91. The number of pyridine rings is 1. The molecule has 0 spiro atoms. The summed E-state index contributed by atoms with van der Waals surface area (Å²) in [7, 11) is 0. The summed E-state index contributed by atoms with van der Waals surface area (Å²) < 4.78 is 6.81. The fourth-order valence-corrected chi connectivity index (χ4v) is 2.60. The van der Waals surface area contributed by atoms with Crippen LogP contribution in [0.5, 0.6) is 11.5 Å². The summed E-state index contributed by atoms with van der Waals surface area (Å²) in [6.07, 6.45) is 1.78. The van der Waals surface area contributed by atoms with Crippen LogP contribution in [0.2, 0.25) is 0 Å². The molecule has 3 rings (SSSR count). The van der Waals surface area contributed by atoms with E-state index in [4.69, 9.17) is 10.5 Å². The minimum Gasteiger partial charge on any atom is -0.456 e. The van der Waals surface area contributed by atoms with Gasteiger partial charge >= 0.3 is 0 Å². The van der Waals surface area contributed by atoms with Crippen LogP contribution in [-0.4, -0.2) is 4.98 Å². The summed E-state index contributed by atoms with van der Waals surface area (Å²) in [4.78, 5) is 4.33. The van der Waals surface area contributed by atoms with Crippen LogP contribution in [0.15, 0.2) is 59.2 Å². The number of aromatic nitrogens is 1. The average molecular weight is 343 g/mol. The lowest BCUT2D eigenvalue weighted by atomic mass is 10.1. The largest absolute Gasteiger partial charge is 0.456 e. The molecule has 1 heterocycles. The Bertz CT molecular complexity index is 787. The van der Waals surface area contributed by atoms with E-state index in [0.717, 1.165) is 32.4 Å². The van der Waals surface area contributed by atoms with Crippen molar-refractivity contribution in [1.82, 2.24) is 4.98 Å². The van der Waals surface area contributed by atoms with Crippen LogP contribution in [0.4, 0.5) is 0 Å². The molecule has 0 aliphatic rings. The van der Waals surface area contributed by atoms with Gasteiger partial charge in [-0.2, -0.15) is 0 Å². The first kappa shape index (κ1) is 14.0. The number of halogens is 1. The molecule has 0 unspecified atom stereocenters. The predicted octanol–water partition coefficient (Wildman–Crippen LogP) is 4.81. The first-order chi connectivity index (χ1) is 10.1. The first-order valence-electron chi connectivity index (χ1n) is 6.71. The van der Waals surface area contributed by atoms with Crippen LogP contribution in [-0.2, 0) is 0 Å². The van der Waals surface area contributed by atoms with Crippen LogP contribution in [0.3, 0.4) is 0 Å². The summed E-state index contributed by atoms with van der Waals surface area (Å²) >= 11 is 3.53. The van der Waals surface area contributed by atoms with Crippen molar-refractivity contribution >= 4 is 26.8 Å². The quantitative estimate of drug-likeness (QED) is 0.742. The van der Waals surface area contributed by atoms with Crippen molar-refractivity contribution in [1.29, 1.82) is 0 Å². The molecule has 0 saturated carbocycles. The predicted molar refractivity (Wildman–Crippen MR) is 88.6 cm³/mol. The highest BCUT2D eigenvalue weighted by atomic mass is 79.9. The van der Waals surface area contributed by atoms with Gasteiger partial charge in [0, 0.05) is 23.7 Å². The molecule has 0 radical (unpaired) electrons. The molecule has 0 saturated heterocycles. The molecule has 1 aromatic heterocycles. The van der Waals surface area contributed by atoms with Crippen molar-refractivity contribution in [3.05, 3.63) is 64.8 Å². The highest BCUT2D eigenvalue weighted by Crippen LogP contribution is 2.32. The number of rotatable bonds is 3. The van der Waals surface area contributed by atoms with Crippen LogP contribution < -0.4 is 10.5 Å². The van der Waals surface area contributed by atoms with Gasteiger partial charge in [0.2, 0.25) is 0 Å². The zero-order valence-electron chi connectivity index (χ0n) is 11.6. The Labute approximate surface area is 131 Å². The molecule has 21 heavy (non-hydrogen) atoms. The lowest BCUT2D eigenvalue weighted by Gasteiger charge is -2.11. The van der Waals surface area contributed by atoms with Crippen LogP contribution in [0, 0.1) is 0 Å². The summed E-state index contributed by atoms with van der Waals surface area (Å²) in [6, 6.07) is 15.7. The highest BCUT2D eigenvalue weighted by molar-refractivity contribution is 9.10. The second-order valence-electron chi connectivity index (χ2n) is 4.94. The lowest BCUT2D eigenvalue weighted by molar-refractivity contribution is 0.480. The van der Waals surface area contributed by atoms with E-state index in [-0.39, 0.29) is 6.04 Å². The fourth-order valence-electron chi connectivity index (χ4n) is 2.12. The van der Waals surface area contributed by atoms with Gasteiger partial charge in [0.05, 0.1) is 9.99 Å². The minimum absolute atomic E-state index is 0.000203. The number of fused-ring (bicyclic) bond motifs is 1. The molecule has 3 nitrogen and oxygen atoms in total. The van der Waals surface area contributed by atoms with E-state index < -0.39 is 0 Å². The van der Waals surface area contributed by atoms with E-state index in [0.29, 0.717) is 0 Å². The monoisotopic (exact) mass is 342 g/mol. The van der Waals surface area contributed by atoms with Crippen molar-refractivity contribution in [2.75, 3.05) is 0 Å². The highest BCUT2D eigenvalue weighted by Gasteiger charge is 2.07. The van der Waals surface area contributed by atoms with Gasteiger partial charge in [-0.25, -0.2) is 0 Å². The van der Waals surface area contributed by atoms with E-state index in [1.165, 1.54) is 0 Å². The summed E-state index contributed by atoms with van der Waals surface area (Å²) in [6.45, 7) is 1.96. The summed E-state index contributed by atoms with van der Waals surface area (Å²) in [5.74, 6) is 1.52. The Morgan fingerprint density at radius 2 is 2.00 bits per heavy atom. The Balaban J connectivity index is 1.91. The summed E-state index contributed by atoms with van der Waals surface area (Å²) in [5, 5.41) is 1.09. The number of hydrogen-bond donors (Lipinski definition) is 1. The van der Waals surface area contributed by atoms with E-state index in [1.54, 1.807) is 6.20 Å². The van der Waals surface area contributed by atoms with E-state index in [2.05, 4.69) is 20.9 Å². The Hall–Kier alpha value is -1.91.